The second kappa shape index (κ2) is 7.49. The van der Waals surface area contributed by atoms with Gasteiger partial charge in [-0.2, -0.15) is 0 Å². The Bertz CT molecular complexity index is 533. The zero-order chi connectivity index (χ0) is 15.1. The first-order valence-corrected chi connectivity index (χ1v) is 7.09. The van der Waals surface area contributed by atoms with Crippen molar-refractivity contribution < 1.29 is 14.5 Å². The number of nitrogens with one attached hydrogen (secondary N) is 2. The normalized spacial score (nSPS) is 9.90. The average molecular weight is 297 g/mol. The number of nitrogens with zero attached hydrogens (tertiary/aromatic N) is 1. The van der Waals surface area contributed by atoms with Gasteiger partial charge in [0.15, 0.2) is 0 Å². The summed E-state index contributed by atoms with van der Waals surface area (Å²) in [5.41, 5.74) is -0.331. The molecule has 1 aromatic rings. The van der Waals surface area contributed by atoms with Crippen molar-refractivity contribution in [3.8, 4) is 0 Å². The van der Waals surface area contributed by atoms with Gasteiger partial charge in [0.1, 0.15) is 5.56 Å². The highest BCUT2D eigenvalue weighted by Crippen LogP contribution is 2.24. The number of carbonyl (C=O) groups excluding carboxylic acids is 2. The van der Waals surface area contributed by atoms with E-state index in [0.717, 1.165) is 4.90 Å². The molecule has 0 spiro atoms. The van der Waals surface area contributed by atoms with Crippen molar-refractivity contribution in [2.45, 2.75) is 11.8 Å². The van der Waals surface area contributed by atoms with Crippen LogP contribution in [-0.4, -0.2) is 36.1 Å². The van der Waals surface area contributed by atoms with E-state index >= 15 is 0 Å². The predicted octanol–water partition coefficient (Wildman–Crippen LogP) is 1.18. The van der Waals surface area contributed by atoms with Crippen LogP contribution in [0.25, 0.3) is 0 Å². The maximum atomic E-state index is 11.9. The minimum atomic E-state index is -0.640. The Hall–Kier alpha value is -2.09. The molecule has 7 nitrogen and oxygen atoms in total. The Morgan fingerprint density at radius 1 is 1.35 bits per heavy atom. The van der Waals surface area contributed by atoms with Gasteiger partial charge in [0.25, 0.3) is 11.6 Å². The third-order valence-corrected chi connectivity index (χ3v) is 3.15. The molecular weight excluding hydrogens is 282 g/mol. The Kier molecular flexibility index (Phi) is 5.98. The number of nitro groups is 1. The lowest BCUT2D eigenvalue weighted by molar-refractivity contribution is -0.385. The van der Waals surface area contributed by atoms with Gasteiger partial charge in [-0.3, -0.25) is 19.7 Å². The number of hydrogen-bond donors (Lipinski definition) is 2. The number of amides is 2. The summed E-state index contributed by atoms with van der Waals surface area (Å²) in [6.45, 7) is 2.00. The molecule has 108 valence electrons. The van der Waals surface area contributed by atoms with Crippen molar-refractivity contribution in [1.29, 1.82) is 0 Å². The number of rotatable bonds is 6. The molecule has 0 radical (unpaired) electrons. The number of likely N-dealkylation sites (N-methyl/N-ethyl adjacent to an activating group) is 1. The van der Waals surface area contributed by atoms with Gasteiger partial charge in [0, 0.05) is 17.5 Å². The average Bonchev–Trinajstić information content (AvgIpc) is 2.44. The predicted molar refractivity (Wildman–Crippen MR) is 75.9 cm³/mol. The standard InChI is InChI=1S/C12H15N3O4S/c1-3-13-11(16)7-14-12(17)9-6-8(20-2)4-5-10(9)15(18)19/h4-6H,3,7H2,1-2H3,(H,13,16)(H,14,17). The van der Waals surface area contributed by atoms with E-state index in [9.17, 15) is 19.7 Å². The van der Waals surface area contributed by atoms with E-state index in [-0.39, 0.29) is 23.7 Å². The number of benzene rings is 1. The Labute approximate surface area is 120 Å². The second-order valence-electron chi connectivity index (χ2n) is 3.78. The molecule has 0 unspecified atom stereocenters. The van der Waals surface area contributed by atoms with Gasteiger partial charge in [-0.05, 0) is 25.3 Å². The molecule has 0 atom stereocenters. The van der Waals surface area contributed by atoms with Crippen LogP contribution in [0.2, 0.25) is 0 Å². The van der Waals surface area contributed by atoms with E-state index < -0.39 is 10.8 Å². The molecule has 0 aromatic heterocycles. The molecule has 0 saturated carbocycles. The van der Waals surface area contributed by atoms with Crippen LogP contribution in [0.1, 0.15) is 17.3 Å². The van der Waals surface area contributed by atoms with Crippen molar-refractivity contribution in [2.75, 3.05) is 19.3 Å². The maximum absolute atomic E-state index is 11.9. The molecule has 0 aliphatic carbocycles. The molecular formula is C12H15N3O4S. The monoisotopic (exact) mass is 297 g/mol. The fourth-order valence-corrected chi connectivity index (χ4v) is 1.94. The first-order chi connectivity index (χ1) is 9.49. The first-order valence-electron chi connectivity index (χ1n) is 5.87. The summed E-state index contributed by atoms with van der Waals surface area (Å²) in [5.74, 6) is -0.983. The van der Waals surface area contributed by atoms with Crippen LogP contribution in [0, 0.1) is 10.1 Å². The van der Waals surface area contributed by atoms with E-state index in [1.807, 2.05) is 0 Å². The van der Waals surface area contributed by atoms with Gasteiger partial charge < -0.3 is 10.6 Å². The second-order valence-corrected chi connectivity index (χ2v) is 4.66. The molecule has 8 heteroatoms. The summed E-state index contributed by atoms with van der Waals surface area (Å²) in [6.07, 6.45) is 1.80. The SMILES string of the molecule is CCNC(=O)CNC(=O)c1cc(SC)ccc1[N+](=O)[O-]. The summed E-state index contributed by atoms with van der Waals surface area (Å²) in [6, 6.07) is 4.30. The lowest BCUT2D eigenvalue weighted by Crippen LogP contribution is -2.36. The highest BCUT2D eigenvalue weighted by atomic mass is 32.2. The molecule has 0 saturated heterocycles. The van der Waals surface area contributed by atoms with Gasteiger partial charge in [0.2, 0.25) is 5.91 Å². The minimum Gasteiger partial charge on any atom is -0.355 e. The summed E-state index contributed by atoms with van der Waals surface area (Å²) < 4.78 is 0. The molecule has 0 heterocycles. The largest absolute Gasteiger partial charge is 0.355 e. The summed E-state index contributed by atoms with van der Waals surface area (Å²) >= 11 is 1.37. The Morgan fingerprint density at radius 2 is 2.05 bits per heavy atom. The smallest absolute Gasteiger partial charge is 0.282 e. The molecule has 0 fully saturated rings. The topological polar surface area (TPSA) is 101 Å². The molecule has 1 aromatic carbocycles. The number of nitro benzene ring substituents is 1. The number of hydrogen-bond acceptors (Lipinski definition) is 5. The van der Waals surface area contributed by atoms with Gasteiger partial charge in [-0.15, -0.1) is 11.8 Å². The highest BCUT2D eigenvalue weighted by molar-refractivity contribution is 7.98. The summed E-state index contributed by atoms with van der Waals surface area (Å²) in [5, 5.41) is 15.8. The van der Waals surface area contributed by atoms with E-state index in [1.165, 1.54) is 23.9 Å². The molecule has 0 aliphatic heterocycles. The zero-order valence-electron chi connectivity index (χ0n) is 11.1. The fraction of sp³-hybridized carbons (Fsp3) is 0.333. The minimum absolute atomic E-state index is 0.0499. The van der Waals surface area contributed by atoms with Crippen LogP contribution >= 0.6 is 11.8 Å². The van der Waals surface area contributed by atoms with Crippen LogP contribution in [0.4, 0.5) is 5.69 Å². The Balaban J connectivity index is 2.90. The van der Waals surface area contributed by atoms with Crippen molar-refractivity contribution >= 4 is 29.3 Å². The molecule has 2 N–H and O–H groups in total. The van der Waals surface area contributed by atoms with E-state index in [0.29, 0.717) is 6.54 Å². The van der Waals surface area contributed by atoms with Gasteiger partial charge in [-0.25, -0.2) is 0 Å². The van der Waals surface area contributed by atoms with Crippen molar-refractivity contribution in [2.24, 2.45) is 0 Å². The van der Waals surface area contributed by atoms with Gasteiger partial charge in [0.05, 0.1) is 11.5 Å². The molecule has 1 rings (SSSR count). The number of carbonyl (C=O) groups is 2. The van der Waals surface area contributed by atoms with Crippen LogP contribution in [0.5, 0.6) is 0 Å². The van der Waals surface area contributed by atoms with Crippen LogP contribution in [-0.2, 0) is 4.79 Å². The lowest BCUT2D eigenvalue weighted by atomic mass is 10.1. The van der Waals surface area contributed by atoms with Gasteiger partial charge >= 0.3 is 0 Å². The van der Waals surface area contributed by atoms with E-state index in [4.69, 9.17) is 0 Å². The molecule has 20 heavy (non-hydrogen) atoms. The fourth-order valence-electron chi connectivity index (χ4n) is 1.50. The van der Waals surface area contributed by atoms with Crippen molar-refractivity contribution in [1.82, 2.24) is 10.6 Å². The summed E-state index contributed by atoms with van der Waals surface area (Å²) in [4.78, 5) is 34.2. The third kappa shape index (κ3) is 4.23. The van der Waals surface area contributed by atoms with Crippen LogP contribution < -0.4 is 10.6 Å². The Morgan fingerprint density at radius 3 is 2.60 bits per heavy atom. The van der Waals surface area contributed by atoms with Crippen molar-refractivity contribution in [3.63, 3.8) is 0 Å². The summed E-state index contributed by atoms with van der Waals surface area (Å²) in [7, 11) is 0. The quantitative estimate of drug-likeness (QED) is 0.466. The number of thioether (sulfide) groups is 1. The molecule has 2 amide bonds. The van der Waals surface area contributed by atoms with E-state index in [2.05, 4.69) is 10.6 Å². The van der Waals surface area contributed by atoms with E-state index in [1.54, 1.807) is 19.2 Å². The lowest BCUT2D eigenvalue weighted by Gasteiger charge is -2.07. The molecule has 0 bridgehead atoms. The van der Waals surface area contributed by atoms with Crippen LogP contribution in [0.3, 0.4) is 0 Å². The first kappa shape index (κ1) is 16.0. The molecule has 0 aliphatic rings. The highest BCUT2D eigenvalue weighted by Gasteiger charge is 2.20. The van der Waals surface area contributed by atoms with Crippen LogP contribution in [0.15, 0.2) is 23.1 Å². The zero-order valence-corrected chi connectivity index (χ0v) is 12.0. The van der Waals surface area contributed by atoms with Crippen molar-refractivity contribution in [3.05, 3.63) is 33.9 Å². The maximum Gasteiger partial charge on any atom is 0.282 e. The third-order valence-electron chi connectivity index (χ3n) is 2.43. The van der Waals surface area contributed by atoms with Gasteiger partial charge in [-0.1, -0.05) is 0 Å².